The van der Waals surface area contributed by atoms with Gasteiger partial charge in [0.15, 0.2) is 5.58 Å². The van der Waals surface area contributed by atoms with Crippen molar-refractivity contribution in [2.24, 2.45) is 0 Å². The first-order chi connectivity index (χ1) is 10.8. The molecule has 22 heavy (non-hydrogen) atoms. The van der Waals surface area contributed by atoms with E-state index in [1.165, 1.54) is 5.69 Å². The molecule has 3 heterocycles. The molecule has 112 valence electrons. The minimum atomic E-state index is 0.0994. The van der Waals surface area contributed by atoms with Crippen molar-refractivity contribution in [3.63, 3.8) is 0 Å². The average Bonchev–Trinajstić information content (AvgIpc) is 3.14. The van der Waals surface area contributed by atoms with Crippen LogP contribution in [0.25, 0.3) is 11.1 Å². The number of ether oxygens (including phenoxy) is 1. The third-order valence-corrected chi connectivity index (χ3v) is 3.96. The van der Waals surface area contributed by atoms with Crippen molar-refractivity contribution >= 4 is 16.8 Å². The number of hydrogen-bond acceptors (Lipinski definition) is 5. The molecule has 1 atom stereocenters. The molecule has 4 rings (SSSR count). The fourth-order valence-electron chi connectivity index (χ4n) is 2.82. The lowest BCUT2D eigenvalue weighted by atomic mass is 10.2. The van der Waals surface area contributed by atoms with Gasteiger partial charge in [0.2, 0.25) is 0 Å². The maximum Gasteiger partial charge on any atom is 0.394 e. The molecule has 5 heteroatoms. The van der Waals surface area contributed by atoms with Gasteiger partial charge in [-0.2, -0.15) is 4.98 Å². The number of rotatable bonds is 3. The van der Waals surface area contributed by atoms with Crippen LogP contribution in [0.3, 0.4) is 0 Å². The monoisotopic (exact) mass is 295 g/mol. The summed E-state index contributed by atoms with van der Waals surface area (Å²) in [6.45, 7) is 3.84. The molecule has 0 radical (unpaired) electrons. The minimum Gasteiger partial charge on any atom is -0.445 e. The largest absolute Gasteiger partial charge is 0.445 e. The van der Waals surface area contributed by atoms with Gasteiger partial charge >= 0.3 is 6.08 Å². The summed E-state index contributed by atoms with van der Waals surface area (Å²) >= 11 is 0. The Kier molecular flexibility index (Phi) is 3.18. The van der Waals surface area contributed by atoms with Crippen LogP contribution in [0.1, 0.15) is 12.0 Å². The molecular weight excluding hydrogens is 278 g/mol. The zero-order valence-corrected chi connectivity index (χ0v) is 12.4. The fraction of sp³-hybridized carbons (Fsp3) is 0.294. The Labute approximate surface area is 128 Å². The number of benzene rings is 1. The minimum absolute atomic E-state index is 0.0994. The van der Waals surface area contributed by atoms with Crippen molar-refractivity contribution in [2.75, 3.05) is 18.0 Å². The number of fused-ring (bicyclic) bond motifs is 1. The van der Waals surface area contributed by atoms with Gasteiger partial charge in [-0.1, -0.05) is 6.07 Å². The maximum atomic E-state index is 5.92. The second-order valence-electron chi connectivity index (χ2n) is 5.63. The highest BCUT2D eigenvalue weighted by molar-refractivity contribution is 5.73. The maximum absolute atomic E-state index is 5.92. The molecule has 1 unspecified atom stereocenters. The van der Waals surface area contributed by atoms with E-state index in [0.717, 1.165) is 36.2 Å². The van der Waals surface area contributed by atoms with E-state index in [2.05, 4.69) is 14.9 Å². The van der Waals surface area contributed by atoms with Gasteiger partial charge in [-0.25, -0.2) is 0 Å². The molecule has 0 bridgehead atoms. The number of pyridine rings is 1. The second kappa shape index (κ2) is 5.33. The number of aromatic nitrogens is 2. The normalized spacial score (nSPS) is 18.0. The number of anilines is 1. The van der Waals surface area contributed by atoms with Crippen LogP contribution in [0.4, 0.5) is 5.69 Å². The van der Waals surface area contributed by atoms with Gasteiger partial charge in [0.05, 0.1) is 6.54 Å². The lowest BCUT2D eigenvalue weighted by Gasteiger charge is -2.17. The van der Waals surface area contributed by atoms with Gasteiger partial charge in [-0.15, -0.1) is 0 Å². The van der Waals surface area contributed by atoms with Crippen molar-refractivity contribution in [3.8, 4) is 6.08 Å². The third kappa shape index (κ3) is 2.50. The first kappa shape index (κ1) is 13.1. The summed E-state index contributed by atoms with van der Waals surface area (Å²) in [6, 6.07) is 9.99. The van der Waals surface area contributed by atoms with Crippen LogP contribution < -0.4 is 9.64 Å². The van der Waals surface area contributed by atoms with Gasteiger partial charge in [0.25, 0.3) is 0 Å². The quantitative estimate of drug-likeness (QED) is 0.742. The standard InChI is InChI=1S/C17H17N3O2/c1-12-2-3-16-15(10-12)19-17(22-16)21-14-6-9-20(11-14)13-4-7-18-8-5-13/h2-5,7-8,10,14H,6,9,11H2,1H3. The summed E-state index contributed by atoms with van der Waals surface area (Å²) in [6.07, 6.45) is 5.05. The average molecular weight is 295 g/mol. The van der Waals surface area contributed by atoms with Crippen LogP contribution >= 0.6 is 0 Å². The molecule has 3 aromatic rings. The molecule has 1 aliphatic heterocycles. The van der Waals surface area contributed by atoms with Crippen LogP contribution in [0.5, 0.6) is 6.08 Å². The molecule has 0 spiro atoms. The summed E-state index contributed by atoms with van der Waals surface area (Å²) < 4.78 is 11.6. The van der Waals surface area contributed by atoms with Gasteiger partial charge in [-0.05, 0) is 36.8 Å². The molecule has 1 fully saturated rings. The van der Waals surface area contributed by atoms with Crippen LogP contribution in [0.15, 0.2) is 47.1 Å². The molecule has 1 aliphatic rings. The summed E-state index contributed by atoms with van der Waals surface area (Å²) in [5.74, 6) is 0. The fourth-order valence-corrected chi connectivity index (χ4v) is 2.82. The Morgan fingerprint density at radius 3 is 2.95 bits per heavy atom. The van der Waals surface area contributed by atoms with Gasteiger partial charge in [0, 0.05) is 31.0 Å². The Morgan fingerprint density at radius 2 is 2.09 bits per heavy atom. The Hall–Kier alpha value is -2.56. The molecule has 0 aliphatic carbocycles. The summed E-state index contributed by atoms with van der Waals surface area (Å²) in [5.41, 5.74) is 3.95. The number of hydrogen-bond donors (Lipinski definition) is 0. The number of oxazole rings is 1. The first-order valence-corrected chi connectivity index (χ1v) is 7.47. The number of nitrogens with zero attached hydrogens (tertiary/aromatic N) is 3. The zero-order valence-electron chi connectivity index (χ0n) is 12.4. The Morgan fingerprint density at radius 1 is 1.23 bits per heavy atom. The van der Waals surface area contributed by atoms with E-state index in [1.54, 1.807) is 0 Å². The molecule has 0 amide bonds. The van der Waals surface area contributed by atoms with E-state index < -0.39 is 0 Å². The predicted octanol–water partition coefficient (Wildman–Crippen LogP) is 3.19. The van der Waals surface area contributed by atoms with E-state index in [1.807, 2.05) is 49.6 Å². The van der Waals surface area contributed by atoms with E-state index in [-0.39, 0.29) is 6.10 Å². The molecule has 1 aromatic carbocycles. The van der Waals surface area contributed by atoms with Crippen molar-refractivity contribution in [3.05, 3.63) is 48.3 Å². The molecule has 2 aromatic heterocycles. The van der Waals surface area contributed by atoms with Crippen LogP contribution in [0, 0.1) is 6.92 Å². The smallest absolute Gasteiger partial charge is 0.394 e. The molecule has 1 saturated heterocycles. The van der Waals surface area contributed by atoms with Crippen molar-refractivity contribution in [2.45, 2.75) is 19.4 Å². The molecule has 5 nitrogen and oxygen atoms in total. The van der Waals surface area contributed by atoms with E-state index in [4.69, 9.17) is 9.15 Å². The topological polar surface area (TPSA) is 51.4 Å². The first-order valence-electron chi connectivity index (χ1n) is 7.47. The summed E-state index contributed by atoms with van der Waals surface area (Å²) in [5, 5.41) is 0. The van der Waals surface area contributed by atoms with Gasteiger partial charge in [-0.3, -0.25) is 4.98 Å². The highest BCUT2D eigenvalue weighted by Gasteiger charge is 2.25. The number of aryl methyl sites for hydroxylation is 1. The highest BCUT2D eigenvalue weighted by atomic mass is 16.6. The predicted molar refractivity (Wildman–Crippen MR) is 84.2 cm³/mol. The molecular formula is C17H17N3O2. The van der Waals surface area contributed by atoms with Crippen LogP contribution in [0.2, 0.25) is 0 Å². The Bertz CT molecular complexity index is 785. The van der Waals surface area contributed by atoms with Crippen molar-refractivity contribution in [1.29, 1.82) is 0 Å². The van der Waals surface area contributed by atoms with Crippen molar-refractivity contribution in [1.82, 2.24) is 9.97 Å². The van der Waals surface area contributed by atoms with E-state index in [0.29, 0.717) is 6.08 Å². The van der Waals surface area contributed by atoms with Crippen molar-refractivity contribution < 1.29 is 9.15 Å². The third-order valence-electron chi connectivity index (χ3n) is 3.96. The zero-order chi connectivity index (χ0) is 14.9. The lowest BCUT2D eigenvalue weighted by molar-refractivity contribution is 0.167. The lowest BCUT2D eigenvalue weighted by Crippen LogP contribution is -2.24. The summed E-state index contributed by atoms with van der Waals surface area (Å²) in [4.78, 5) is 10.8. The van der Waals surface area contributed by atoms with Gasteiger partial charge in [0.1, 0.15) is 11.6 Å². The van der Waals surface area contributed by atoms with E-state index >= 15 is 0 Å². The Balaban J connectivity index is 1.47. The van der Waals surface area contributed by atoms with Crippen LogP contribution in [-0.4, -0.2) is 29.2 Å². The second-order valence-corrected chi connectivity index (χ2v) is 5.63. The molecule has 0 N–H and O–H groups in total. The van der Waals surface area contributed by atoms with E-state index in [9.17, 15) is 0 Å². The molecule has 0 saturated carbocycles. The SMILES string of the molecule is Cc1ccc2oc(OC3CCN(c4ccncc4)C3)nc2c1. The summed E-state index contributed by atoms with van der Waals surface area (Å²) in [7, 11) is 0. The van der Waals surface area contributed by atoms with Crippen LogP contribution in [-0.2, 0) is 0 Å². The van der Waals surface area contributed by atoms with Gasteiger partial charge < -0.3 is 14.1 Å². The highest BCUT2D eigenvalue weighted by Crippen LogP contribution is 2.25.